The third kappa shape index (κ3) is 3.61. The summed E-state index contributed by atoms with van der Waals surface area (Å²) in [7, 11) is 0. The smallest absolute Gasteiger partial charge is 0.237 e. The summed E-state index contributed by atoms with van der Waals surface area (Å²) >= 11 is 0. The third-order valence-electron chi connectivity index (χ3n) is 2.97. The number of carbonyl (C=O) groups excluding carboxylic acids is 1. The molecular formula is C12H22N2O2. The lowest BCUT2D eigenvalue weighted by Crippen LogP contribution is -2.52. The molecule has 0 aromatic heterocycles. The molecule has 1 N–H and O–H groups in total. The highest BCUT2D eigenvalue weighted by molar-refractivity contribution is 5.81. The Kier molecular flexibility index (Phi) is 5.49. The van der Waals surface area contributed by atoms with Gasteiger partial charge in [0.2, 0.25) is 5.91 Å². The summed E-state index contributed by atoms with van der Waals surface area (Å²) in [5.41, 5.74) is 0. The molecule has 0 aromatic carbocycles. The van der Waals surface area contributed by atoms with Crippen LogP contribution in [0.1, 0.15) is 20.3 Å². The maximum atomic E-state index is 11.8. The van der Waals surface area contributed by atoms with Crippen LogP contribution in [0.2, 0.25) is 0 Å². The third-order valence-corrected chi connectivity index (χ3v) is 2.97. The van der Waals surface area contributed by atoms with Crippen molar-refractivity contribution in [1.82, 2.24) is 10.2 Å². The van der Waals surface area contributed by atoms with Gasteiger partial charge in [-0.1, -0.05) is 13.0 Å². The number of amides is 1. The molecule has 1 aliphatic rings. The molecule has 0 aromatic rings. The molecular weight excluding hydrogens is 204 g/mol. The number of hydrogen-bond donors (Lipinski definition) is 1. The normalized spacial score (nSPS) is 23.8. The minimum Gasteiger partial charge on any atom is -0.376 e. The zero-order chi connectivity index (χ0) is 12.0. The summed E-state index contributed by atoms with van der Waals surface area (Å²) in [6.45, 7) is 10.6. The molecule has 4 nitrogen and oxygen atoms in total. The number of ether oxygens (including phenoxy) is 1. The van der Waals surface area contributed by atoms with Gasteiger partial charge in [-0.2, -0.15) is 0 Å². The molecule has 1 rings (SSSR count). The Bertz CT molecular complexity index is 243. The van der Waals surface area contributed by atoms with E-state index >= 15 is 0 Å². The van der Waals surface area contributed by atoms with Gasteiger partial charge in [0.05, 0.1) is 18.8 Å². The summed E-state index contributed by atoms with van der Waals surface area (Å²) in [6.07, 6.45) is 2.96. The standard InChI is InChI=1S/C12H22N2O2/c1-4-6-13-12(15)10(3)14-7-8-16-11(5-2)9-14/h4,10-11H,1,5-9H2,2-3H3,(H,13,15)/t10-,11-/m0/s1. The number of nitrogens with one attached hydrogen (secondary N) is 1. The first-order valence-electron chi connectivity index (χ1n) is 5.93. The molecule has 0 bridgehead atoms. The summed E-state index contributed by atoms with van der Waals surface area (Å²) in [6, 6.07) is -0.0853. The fourth-order valence-corrected chi connectivity index (χ4v) is 1.83. The predicted molar refractivity (Wildman–Crippen MR) is 64.3 cm³/mol. The van der Waals surface area contributed by atoms with Gasteiger partial charge in [-0.05, 0) is 13.3 Å². The van der Waals surface area contributed by atoms with Gasteiger partial charge in [0.15, 0.2) is 0 Å². The molecule has 0 unspecified atom stereocenters. The molecule has 2 atom stereocenters. The Balaban J connectivity index is 2.42. The van der Waals surface area contributed by atoms with Crippen LogP contribution in [-0.2, 0) is 9.53 Å². The summed E-state index contributed by atoms with van der Waals surface area (Å²) in [5.74, 6) is 0.0663. The molecule has 0 aliphatic carbocycles. The maximum Gasteiger partial charge on any atom is 0.237 e. The van der Waals surface area contributed by atoms with Gasteiger partial charge >= 0.3 is 0 Å². The van der Waals surface area contributed by atoms with Crippen molar-refractivity contribution in [3.63, 3.8) is 0 Å². The fraction of sp³-hybridized carbons (Fsp3) is 0.750. The Labute approximate surface area is 97.6 Å². The Hall–Kier alpha value is -0.870. The van der Waals surface area contributed by atoms with E-state index in [9.17, 15) is 4.79 Å². The van der Waals surface area contributed by atoms with E-state index in [4.69, 9.17) is 4.74 Å². The van der Waals surface area contributed by atoms with Crippen LogP contribution in [0.4, 0.5) is 0 Å². The molecule has 0 spiro atoms. The largest absolute Gasteiger partial charge is 0.376 e. The van der Waals surface area contributed by atoms with Crippen LogP contribution in [0, 0.1) is 0 Å². The quantitative estimate of drug-likeness (QED) is 0.705. The van der Waals surface area contributed by atoms with E-state index in [1.54, 1.807) is 6.08 Å². The van der Waals surface area contributed by atoms with Gasteiger partial charge in [-0.25, -0.2) is 0 Å². The van der Waals surface area contributed by atoms with Crippen molar-refractivity contribution < 1.29 is 9.53 Å². The molecule has 0 saturated carbocycles. The van der Waals surface area contributed by atoms with Crippen LogP contribution in [0.15, 0.2) is 12.7 Å². The van der Waals surface area contributed by atoms with Crippen LogP contribution < -0.4 is 5.32 Å². The van der Waals surface area contributed by atoms with E-state index in [0.29, 0.717) is 6.54 Å². The van der Waals surface area contributed by atoms with E-state index in [2.05, 4.69) is 23.7 Å². The number of rotatable bonds is 5. The topological polar surface area (TPSA) is 41.6 Å². The first-order chi connectivity index (χ1) is 7.69. The first kappa shape index (κ1) is 13.2. The second kappa shape index (κ2) is 6.66. The van der Waals surface area contributed by atoms with E-state index in [1.165, 1.54) is 0 Å². The fourth-order valence-electron chi connectivity index (χ4n) is 1.83. The van der Waals surface area contributed by atoms with Crippen LogP contribution in [0.3, 0.4) is 0 Å². The van der Waals surface area contributed by atoms with Gasteiger partial charge < -0.3 is 10.1 Å². The molecule has 16 heavy (non-hydrogen) atoms. The number of hydrogen-bond acceptors (Lipinski definition) is 3. The van der Waals surface area contributed by atoms with Crippen molar-refractivity contribution in [2.45, 2.75) is 32.4 Å². The molecule has 92 valence electrons. The first-order valence-corrected chi connectivity index (χ1v) is 5.93. The lowest BCUT2D eigenvalue weighted by atomic mass is 10.1. The molecule has 4 heteroatoms. The highest BCUT2D eigenvalue weighted by atomic mass is 16.5. The Morgan fingerprint density at radius 1 is 1.75 bits per heavy atom. The van der Waals surface area contributed by atoms with Crippen LogP contribution in [0.5, 0.6) is 0 Å². The lowest BCUT2D eigenvalue weighted by Gasteiger charge is -2.35. The highest BCUT2D eigenvalue weighted by Crippen LogP contribution is 2.11. The van der Waals surface area contributed by atoms with Crippen molar-refractivity contribution in [1.29, 1.82) is 0 Å². The van der Waals surface area contributed by atoms with Gasteiger partial charge in [0.25, 0.3) is 0 Å². The van der Waals surface area contributed by atoms with Crippen LogP contribution in [0.25, 0.3) is 0 Å². The molecule has 1 heterocycles. The molecule has 1 saturated heterocycles. The van der Waals surface area contributed by atoms with Gasteiger partial charge in [-0.3, -0.25) is 9.69 Å². The van der Waals surface area contributed by atoms with Gasteiger partial charge in [0, 0.05) is 19.6 Å². The highest BCUT2D eigenvalue weighted by Gasteiger charge is 2.26. The average Bonchev–Trinajstić information content (AvgIpc) is 2.35. The minimum absolute atomic E-state index is 0.0663. The van der Waals surface area contributed by atoms with Crippen molar-refractivity contribution in [2.75, 3.05) is 26.2 Å². The van der Waals surface area contributed by atoms with Crippen molar-refractivity contribution in [3.05, 3.63) is 12.7 Å². The van der Waals surface area contributed by atoms with E-state index in [1.807, 2.05) is 6.92 Å². The van der Waals surface area contributed by atoms with Crippen molar-refractivity contribution in [3.8, 4) is 0 Å². The average molecular weight is 226 g/mol. The Morgan fingerprint density at radius 2 is 2.50 bits per heavy atom. The molecule has 0 radical (unpaired) electrons. The van der Waals surface area contributed by atoms with Gasteiger partial charge in [0.1, 0.15) is 0 Å². The predicted octanol–water partition coefficient (Wildman–Crippen LogP) is 0.788. The lowest BCUT2D eigenvalue weighted by molar-refractivity contribution is -0.129. The van der Waals surface area contributed by atoms with E-state index in [0.717, 1.165) is 26.1 Å². The van der Waals surface area contributed by atoms with E-state index in [-0.39, 0.29) is 18.1 Å². The maximum absolute atomic E-state index is 11.8. The summed E-state index contributed by atoms with van der Waals surface area (Å²) < 4.78 is 5.58. The Morgan fingerprint density at radius 3 is 3.12 bits per heavy atom. The van der Waals surface area contributed by atoms with Crippen LogP contribution >= 0.6 is 0 Å². The number of carbonyl (C=O) groups is 1. The number of morpholine rings is 1. The second-order valence-corrected chi connectivity index (χ2v) is 4.11. The van der Waals surface area contributed by atoms with Crippen molar-refractivity contribution >= 4 is 5.91 Å². The second-order valence-electron chi connectivity index (χ2n) is 4.11. The molecule has 1 aliphatic heterocycles. The van der Waals surface area contributed by atoms with Crippen molar-refractivity contribution in [2.24, 2.45) is 0 Å². The van der Waals surface area contributed by atoms with Crippen LogP contribution in [-0.4, -0.2) is 49.2 Å². The monoisotopic (exact) mass is 226 g/mol. The van der Waals surface area contributed by atoms with Gasteiger partial charge in [-0.15, -0.1) is 6.58 Å². The zero-order valence-corrected chi connectivity index (χ0v) is 10.2. The zero-order valence-electron chi connectivity index (χ0n) is 10.2. The summed E-state index contributed by atoms with van der Waals surface area (Å²) in [4.78, 5) is 13.9. The minimum atomic E-state index is -0.0853. The SMILES string of the molecule is C=CCNC(=O)[C@H](C)N1CCO[C@@H](CC)C1. The molecule has 1 amide bonds. The number of nitrogens with zero attached hydrogens (tertiary/aromatic N) is 1. The molecule has 1 fully saturated rings. The summed E-state index contributed by atoms with van der Waals surface area (Å²) in [5, 5.41) is 2.82. The van der Waals surface area contributed by atoms with E-state index < -0.39 is 0 Å².